The molecule has 0 fully saturated rings. The fraction of sp³-hybridized carbons (Fsp3) is 0.0667. The Kier molecular flexibility index (Phi) is 3.35. The number of aromatic nitrogens is 3. The molecule has 2 aromatic heterocycles. The highest BCUT2D eigenvalue weighted by Crippen LogP contribution is 2.21. The van der Waals surface area contributed by atoms with Gasteiger partial charge in [-0.1, -0.05) is 0 Å². The molecule has 0 aliphatic rings. The normalized spacial score (nSPS) is 10.8. The molecule has 0 aliphatic heterocycles. The molecule has 21 heavy (non-hydrogen) atoms. The average molecular weight is 286 g/mol. The van der Waals surface area contributed by atoms with Gasteiger partial charge in [0.1, 0.15) is 17.5 Å². The lowest BCUT2D eigenvalue weighted by Gasteiger charge is -2.09. The molecule has 106 valence electrons. The third kappa shape index (κ3) is 2.74. The Hall–Kier alpha value is -2.76. The smallest absolute Gasteiger partial charge is 0.128 e. The summed E-state index contributed by atoms with van der Waals surface area (Å²) in [5.41, 5.74) is 7.37. The van der Waals surface area contributed by atoms with Crippen molar-refractivity contribution in [3.63, 3.8) is 0 Å². The van der Waals surface area contributed by atoms with E-state index in [1.165, 1.54) is 6.07 Å². The molecule has 0 aliphatic carbocycles. The molecule has 0 saturated heterocycles. The fourth-order valence-corrected chi connectivity index (χ4v) is 2.09. The van der Waals surface area contributed by atoms with Crippen LogP contribution in [0.3, 0.4) is 0 Å². The number of nitrogens with zero attached hydrogens (tertiary/aromatic N) is 3. The first-order valence-electron chi connectivity index (χ1n) is 6.29. The van der Waals surface area contributed by atoms with Crippen molar-refractivity contribution >= 4 is 5.82 Å². The van der Waals surface area contributed by atoms with E-state index in [2.05, 4.69) is 9.97 Å². The summed E-state index contributed by atoms with van der Waals surface area (Å²) in [4.78, 5) is 8.07. The van der Waals surface area contributed by atoms with Gasteiger partial charge < -0.3 is 10.3 Å². The predicted octanol–water partition coefficient (Wildman–Crippen LogP) is 2.85. The minimum atomic E-state index is -0.470. The number of halogens is 2. The maximum absolute atomic E-state index is 13.7. The highest BCUT2D eigenvalue weighted by molar-refractivity contribution is 5.59. The number of anilines is 1. The quantitative estimate of drug-likeness (QED) is 0.805. The molecule has 0 radical (unpaired) electrons. The van der Waals surface area contributed by atoms with E-state index in [0.717, 1.165) is 23.4 Å². The molecule has 0 saturated carbocycles. The Balaban J connectivity index is 1.96. The van der Waals surface area contributed by atoms with Crippen LogP contribution in [0.1, 0.15) is 5.56 Å². The zero-order chi connectivity index (χ0) is 14.8. The van der Waals surface area contributed by atoms with E-state index >= 15 is 0 Å². The largest absolute Gasteiger partial charge is 0.384 e. The van der Waals surface area contributed by atoms with Crippen molar-refractivity contribution in [1.29, 1.82) is 0 Å². The van der Waals surface area contributed by atoms with Gasteiger partial charge in [-0.25, -0.2) is 18.7 Å². The van der Waals surface area contributed by atoms with Gasteiger partial charge in [-0.3, -0.25) is 0 Å². The van der Waals surface area contributed by atoms with Crippen molar-refractivity contribution in [2.24, 2.45) is 0 Å². The van der Waals surface area contributed by atoms with Crippen LogP contribution in [0, 0.1) is 11.6 Å². The standard InChI is InChI=1S/C15H12F2N4/c16-12-2-3-13(17)11(5-12)8-21-9-19-7-14(21)10-1-4-15(18)20-6-10/h1-7,9H,8H2,(H2,18,20). The third-order valence-corrected chi connectivity index (χ3v) is 3.14. The summed E-state index contributed by atoms with van der Waals surface area (Å²) < 4.78 is 28.7. The van der Waals surface area contributed by atoms with E-state index in [9.17, 15) is 8.78 Å². The van der Waals surface area contributed by atoms with Crippen molar-refractivity contribution in [2.45, 2.75) is 6.54 Å². The van der Waals surface area contributed by atoms with Gasteiger partial charge in [-0.05, 0) is 30.3 Å². The fourth-order valence-electron chi connectivity index (χ4n) is 2.09. The Labute approximate surface area is 119 Å². The van der Waals surface area contributed by atoms with Crippen LogP contribution in [0.15, 0.2) is 49.1 Å². The van der Waals surface area contributed by atoms with Gasteiger partial charge >= 0.3 is 0 Å². The van der Waals surface area contributed by atoms with E-state index in [1.807, 2.05) is 0 Å². The highest BCUT2D eigenvalue weighted by atomic mass is 19.1. The molecule has 6 heteroatoms. The Morgan fingerprint density at radius 1 is 1.10 bits per heavy atom. The molecule has 0 unspecified atom stereocenters. The summed E-state index contributed by atoms with van der Waals surface area (Å²) in [6.07, 6.45) is 4.82. The number of hydrogen-bond donors (Lipinski definition) is 1. The summed E-state index contributed by atoms with van der Waals surface area (Å²) in [5.74, 6) is -0.505. The molecule has 3 aromatic rings. The zero-order valence-electron chi connectivity index (χ0n) is 11.0. The van der Waals surface area contributed by atoms with Crippen molar-refractivity contribution in [1.82, 2.24) is 14.5 Å². The number of hydrogen-bond acceptors (Lipinski definition) is 3. The molecule has 0 atom stereocenters. The summed E-state index contributed by atoms with van der Waals surface area (Å²) in [6, 6.07) is 6.87. The molecule has 0 spiro atoms. The summed E-state index contributed by atoms with van der Waals surface area (Å²) in [6.45, 7) is 0.184. The molecule has 3 rings (SSSR count). The number of nitrogens with two attached hydrogens (primary N) is 1. The van der Waals surface area contributed by atoms with Crippen molar-refractivity contribution in [3.8, 4) is 11.3 Å². The van der Waals surface area contributed by atoms with Crippen molar-refractivity contribution in [3.05, 3.63) is 66.3 Å². The number of pyridine rings is 1. The third-order valence-electron chi connectivity index (χ3n) is 3.14. The van der Waals surface area contributed by atoms with Crippen LogP contribution >= 0.6 is 0 Å². The van der Waals surface area contributed by atoms with Crippen LogP contribution in [-0.2, 0) is 6.54 Å². The maximum atomic E-state index is 13.7. The number of benzene rings is 1. The monoisotopic (exact) mass is 286 g/mol. The lowest BCUT2D eigenvalue weighted by molar-refractivity contribution is 0.577. The SMILES string of the molecule is Nc1ccc(-c2cncn2Cc2cc(F)ccc2F)cn1. The van der Waals surface area contributed by atoms with E-state index in [1.54, 1.807) is 35.4 Å². The summed E-state index contributed by atoms with van der Waals surface area (Å²) in [5, 5.41) is 0. The van der Waals surface area contributed by atoms with Gasteiger partial charge in [-0.2, -0.15) is 0 Å². The van der Waals surface area contributed by atoms with Gasteiger partial charge in [0, 0.05) is 17.3 Å². The van der Waals surface area contributed by atoms with Gasteiger partial charge in [0.15, 0.2) is 0 Å². The van der Waals surface area contributed by atoms with E-state index < -0.39 is 11.6 Å². The lowest BCUT2D eigenvalue weighted by Crippen LogP contribution is -2.03. The van der Waals surface area contributed by atoms with Gasteiger partial charge in [0.2, 0.25) is 0 Å². The molecule has 4 nitrogen and oxygen atoms in total. The number of rotatable bonds is 3. The highest BCUT2D eigenvalue weighted by Gasteiger charge is 2.09. The first-order valence-corrected chi connectivity index (χ1v) is 6.29. The first kappa shape index (κ1) is 13.2. The number of imidazole rings is 1. The first-order chi connectivity index (χ1) is 10.1. The van der Waals surface area contributed by atoms with Gasteiger partial charge in [-0.15, -0.1) is 0 Å². The molecular weight excluding hydrogens is 274 g/mol. The van der Waals surface area contributed by atoms with Gasteiger partial charge in [0.25, 0.3) is 0 Å². The minimum Gasteiger partial charge on any atom is -0.384 e. The van der Waals surface area contributed by atoms with E-state index in [-0.39, 0.29) is 12.1 Å². The Bertz CT molecular complexity index is 766. The summed E-state index contributed by atoms with van der Waals surface area (Å²) >= 11 is 0. The number of nitrogen functional groups attached to an aromatic ring is 1. The van der Waals surface area contributed by atoms with E-state index in [0.29, 0.717) is 5.82 Å². The minimum absolute atomic E-state index is 0.184. The van der Waals surface area contributed by atoms with Crippen LogP contribution in [0.5, 0.6) is 0 Å². The van der Waals surface area contributed by atoms with E-state index in [4.69, 9.17) is 5.73 Å². The van der Waals surface area contributed by atoms with Crippen molar-refractivity contribution < 1.29 is 8.78 Å². The second-order valence-corrected chi connectivity index (χ2v) is 4.61. The van der Waals surface area contributed by atoms with Crippen LogP contribution in [0.4, 0.5) is 14.6 Å². The second-order valence-electron chi connectivity index (χ2n) is 4.61. The molecule has 0 bridgehead atoms. The lowest BCUT2D eigenvalue weighted by atomic mass is 10.2. The molecule has 2 heterocycles. The Morgan fingerprint density at radius 3 is 2.71 bits per heavy atom. The van der Waals surface area contributed by atoms with Crippen LogP contribution in [0.2, 0.25) is 0 Å². The van der Waals surface area contributed by atoms with Crippen LogP contribution in [0.25, 0.3) is 11.3 Å². The molecular formula is C15H12F2N4. The van der Waals surface area contributed by atoms with Crippen LogP contribution in [-0.4, -0.2) is 14.5 Å². The topological polar surface area (TPSA) is 56.7 Å². The van der Waals surface area contributed by atoms with Crippen molar-refractivity contribution in [2.75, 3.05) is 5.73 Å². The van der Waals surface area contributed by atoms with Crippen LogP contribution < -0.4 is 5.73 Å². The molecule has 2 N–H and O–H groups in total. The average Bonchev–Trinajstić information content (AvgIpc) is 2.92. The summed E-state index contributed by atoms with van der Waals surface area (Å²) in [7, 11) is 0. The molecule has 0 amide bonds. The Morgan fingerprint density at radius 2 is 1.95 bits per heavy atom. The zero-order valence-corrected chi connectivity index (χ0v) is 11.0. The van der Waals surface area contributed by atoms with Gasteiger partial charge in [0.05, 0.1) is 24.8 Å². The predicted molar refractivity (Wildman–Crippen MR) is 75.3 cm³/mol. The second kappa shape index (κ2) is 5.32. The maximum Gasteiger partial charge on any atom is 0.128 e. The molecule has 1 aromatic carbocycles.